The van der Waals surface area contributed by atoms with Gasteiger partial charge in [-0.3, -0.25) is 10.1 Å². The molecule has 0 saturated carbocycles. The Bertz CT molecular complexity index is 492. The smallest absolute Gasteiger partial charge is 0.307 e. The molecule has 0 radical (unpaired) electrons. The second-order valence-electron chi connectivity index (χ2n) is 3.81. The summed E-state index contributed by atoms with van der Waals surface area (Å²) in [6, 6.07) is 1.16. The van der Waals surface area contributed by atoms with Gasteiger partial charge in [0, 0.05) is 12.6 Å². The van der Waals surface area contributed by atoms with E-state index in [9.17, 15) is 18.9 Å². The highest BCUT2D eigenvalue weighted by molar-refractivity contribution is 5.39. The van der Waals surface area contributed by atoms with Crippen molar-refractivity contribution in [1.82, 2.24) is 5.32 Å². The zero-order valence-electron chi connectivity index (χ0n) is 10.4. The Morgan fingerprint density at radius 2 is 2.16 bits per heavy atom. The minimum atomic E-state index is -1.14. The van der Waals surface area contributed by atoms with Gasteiger partial charge < -0.3 is 10.1 Å². The van der Waals surface area contributed by atoms with Crippen molar-refractivity contribution in [1.29, 1.82) is 0 Å². The lowest BCUT2D eigenvalue weighted by Crippen LogP contribution is -2.19. The molecule has 0 aliphatic carbocycles. The number of nitro groups is 1. The van der Waals surface area contributed by atoms with Crippen molar-refractivity contribution >= 4 is 5.69 Å². The van der Waals surface area contributed by atoms with Crippen LogP contribution in [-0.2, 0) is 0 Å². The highest BCUT2D eigenvalue weighted by Gasteiger charge is 2.19. The van der Waals surface area contributed by atoms with E-state index in [2.05, 4.69) is 11.9 Å². The number of hydrogen-bond donors (Lipinski definition) is 1. The van der Waals surface area contributed by atoms with Gasteiger partial charge >= 0.3 is 5.69 Å². The normalized spacial score (nSPS) is 10.3. The molecule has 104 valence electrons. The lowest BCUT2D eigenvalue weighted by molar-refractivity contribution is -0.387. The van der Waals surface area contributed by atoms with E-state index < -0.39 is 22.2 Å². The highest BCUT2D eigenvalue weighted by Crippen LogP contribution is 2.26. The molecule has 0 unspecified atom stereocenters. The van der Waals surface area contributed by atoms with E-state index in [4.69, 9.17) is 4.74 Å². The second kappa shape index (κ2) is 6.79. The zero-order valence-corrected chi connectivity index (χ0v) is 10.4. The van der Waals surface area contributed by atoms with Crippen LogP contribution in [0.25, 0.3) is 0 Å². The van der Waals surface area contributed by atoms with Gasteiger partial charge in [-0.2, -0.15) is 4.39 Å². The number of ether oxygens (including phenoxy) is 1. The van der Waals surface area contributed by atoms with Gasteiger partial charge in [0.1, 0.15) is 6.61 Å². The van der Waals surface area contributed by atoms with Crippen molar-refractivity contribution in [2.75, 3.05) is 19.7 Å². The van der Waals surface area contributed by atoms with Gasteiger partial charge in [0.05, 0.1) is 11.0 Å². The van der Waals surface area contributed by atoms with Crippen LogP contribution in [0.3, 0.4) is 0 Å². The Morgan fingerprint density at radius 3 is 2.74 bits per heavy atom. The maximum atomic E-state index is 13.5. The average Bonchev–Trinajstić information content (AvgIpc) is 2.36. The van der Waals surface area contributed by atoms with Crippen molar-refractivity contribution in [3.05, 3.63) is 46.0 Å². The first kappa shape index (κ1) is 15.0. The quantitative estimate of drug-likeness (QED) is 0.470. The molecule has 0 aliphatic heterocycles. The molecule has 7 heteroatoms. The van der Waals surface area contributed by atoms with Crippen molar-refractivity contribution in [2.24, 2.45) is 0 Å². The van der Waals surface area contributed by atoms with Crippen LogP contribution in [0.15, 0.2) is 24.3 Å². The largest absolute Gasteiger partial charge is 0.486 e. The molecule has 1 N–H and O–H groups in total. The van der Waals surface area contributed by atoms with Gasteiger partial charge in [-0.05, 0) is 12.1 Å². The molecular weight excluding hydrogens is 258 g/mol. The molecule has 0 saturated heterocycles. The molecule has 0 aromatic heterocycles. The number of rotatable bonds is 7. The van der Waals surface area contributed by atoms with E-state index in [0.29, 0.717) is 24.3 Å². The van der Waals surface area contributed by atoms with Gasteiger partial charge in [-0.15, -0.1) is 0 Å². The summed E-state index contributed by atoms with van der Waals surface area (Å²) in [7, 11) is 0. The van der Waals surface area contributed by atoms with Crippen molar-refractivity contribution < 1.29 is 18.4 Å². The van der Waals surface area contributed by atoms with Crippen LogP contribution in [0.2, 0.25) is 0 Å². The maximum absolute atomic E-state index is 13.5. The summed E-state index contributed by atoms with van der Waals surface area (Å²) in [5, 5.41) is 13.4. The predicted molar refractivity (Wildman–Crippen MR) is 66.2 cm³/mol. The average molecular weight is 272 g/mol. The molecule has 1 aromatic rings. The summed E-state index contributed by atoms with van der Waals surface area (Å²) in [5.74, 6) is -2.50. The van der Waals surface area contributed by atoms with Crippen molar-refractivity contribution in [3.8, 4) is 5.75 Å². The predicted octanol–water partition coefficient (Wildman–Crippen LogP) is 2.42. The maximum Gasteiger partial charge on any atom is 0.307 e. The highest BCUT2D eigenvalue weighted by atomic mass is 19.1. The first-order valence-electron chi connectivity index (χ1n) is 5.59. The molecule has 1 rings (SSSR count). The molecule has 0 aliphatic rings. The van der Waals surface area contributed by atoms with Gasteiger partial charge in [-0.25, -0.2) is 4.39 Å². The molecule has 0 heterocycles. The SMILES string of the molecule is C=C(CNCC)COc1cc(F)c([N+](=O)[O-])cc1F. The van der Waals surface area contributed by atoms with Crippen LogP contribution in [0, 0.1) is 21.7 Å². The lowest BCUT2D eigenvalue weighted by Gasteiger charge is -2.10. The van der Waals surface area contributed by atoms with E-state index in [1.165, 1.54) is 0 Å². The van der Waals surface area contributed by atoms with Crippen LogP contribution < -0.4 is 10.1 Å². The summed E-state index contributed by atoms with van der Waals surface area (Å²) in [6.07, 6.45) is 0. The Morgan fingerprint density at radius 1 is 1.47 bits per heavy atom. The number of benzene rings is 1. The van der Waals surface area contributed by atoms with Crippen LogP contribution in [0.4, 0.5) is 14.5 Å². The number of nitrogens with one attached hydrogen (secondary N) is 1. The fourth-order valence-corrected chi connectivity index (χ4v) is 1.30. The van der Waals surface area contributed by atoms with Gasteiger partial charge in [0.15, 0.2) is 11.6 Å². The Hall–Kier alpha value is -2.02. The molecule has 19 heavy (non-hydrogen) atoms. The Kier molecular flexibility index (Phi) is 5.37. The number of hydrogen-bond acceptors (Lipinski definition) is 4. The second-order valence-corrected chi connectivity index (χ2v) is 3.81. The summed E-state index contributed by atoms with van der Waals surface area (Å²) < 4.78 is 31.8. The number of nitrogens with zero attached hydrogens (tertiary/aromatic N) is 1. The fourth-order valence-electron chi connectivity index (χ4n) is 1.30. The molecular formula is C12H14F2N2O3. The summed E-state index contributed by atoms with van der Waals surface area (Å²) in [5.41, 5.74) is -0.267. The van der Waals surface area contributed by atoms with Gasteiger partial charge in [-0.1, -0.05) is 13.5 Å². The van der Waals surface area contributed by atoms with E-state index in [-0.39, 0.29) is 12.4 Å². The minimum absolute atomic E-state index is 0.00116. The fraction of sp³-hybridized carbons (Fsp3) is 0.333. The Labute approximate surface area is 109 Å². The third-order valence-corrected chi connectivity index (χ3v) is 2.25. The molecule has 0 fully saturated rings. The number of likely N-dealkylation sites (N-methyl/N-ethyl adjacent to an activating group) is 1. The third kappa shape index (κ3) is 4.29. The Balaban J connectivity index is 2.72. The minimum Gasteiger partial charge on any atom is -0.486 e. The monoisotopic (exact) mass is 272 g/mol. The van der Waals surface area contributed by atoms with E-state index in [0.717, 1.165) is 6.54 Å². The van der Waals surface area contributed by atoms with Crippen LogP contribution in [-0.4, -0.2) is 24.6 Å². The molecule has 0 atom stereocenters. The first-order chi connectivity index (χ1) is 8.95. The molecule has 5 nitrogen and oxygen atoms in total. The number of halogens is 2. The van der Waals surface area contributed by atoms with Crippen LogP contribution in [0.5, 0.6) is 5.75 Å². The summed E-state index contributed by atoms with van der Waals surface area (Å²) >= 11 is 0. The van der Waals surface area contributed by atoms with Gasteiger partial charge in [0.25, 0.3) is 0 Å². The third-order valence-electron chi connectivity index (χ3n) is 2.25. The van der Waals surface area contributed by atoms with Crippen LogP contribution in [0.1, 0.15) is 6.92 Å². The van der Waals surface area contributed by atoms with Crippen molar-refractivity contribution in [2.45, 2.75) is 6.92 Å². The first-order valence-corrected chi connectivity index (χ1v) is 5.59. The standard InChI is InChI=1S/C12H14F2N2O3/c1-3-15-6-8(2)7-19-12-5-9(13)11(16(17)18)4-10(12)14/h4-5,15H,2-3,6-7H2,1H3. The molecule has 1 aromatic carbocycles. The number of nitro benzene ring substituents is 1. The molecule has 0 bridgehead atoms. The topological polar surface area (TPSA) is 64.4 Å². The summed E-state index contributed by atoms with van der Waals surface area (Å²) in [6.45, 7) is 6.85. The zero-order chi connectivity index (χ0) is 14.4. The van der Waals surface area contributed by atoms with E-state index >= 15 is 0 Å². The van der Waals surface area contributed by atoms with Crippen molar-refractivity contribution in [3.63, 3.8) is 0 Å². The lowest BCUT2D eigenvalue weighted by atomic mass is 10.2. The van der Waals surface area contributed by atoms with Crippen LogP contribution >= 0.6 is 0 Å². The summed E-state index contributed by atoms with van der Waals surface area (Å²) in [4.78, 5) is 9.41. The molecule has 0 amide bonds. The van der Waals surface area contributed by atoms with E-state index in [1.54, 1.807) is 0 Å². The van der Waals surface area contributed by atoms with E-state index in [1.807, 2.05) is 6.92 Å². The molecule has 0 spiro atoms. The van der Waals surface area contributed by atoms with Gasteiger partial charge in [0.2, 0.25) is 5.82 Å².